The molecule has 0 bridgehead atoms. The van der Waals surface area contributed by atoms with Gasteiger partial charge in [0.2, 0.25) is 0 Å². The number of hydrogen-bond donors (Lipinski definition) is 2. The lowest BCUT2D eigenvalue weighted by Crippen LogP contribution is -2.09. The number of halogens is 1. The molecule has 0 saturated carbocycles. The van der Waals surface area contributed by atoms with E-state index in [1.54, 1.807) is 18.3 Å². The van der Waals surface area contributed by atoms with Crippen LogP contribution in [-0.2, 0) is 6.42 Å². The van der Waals surface area contributed by atoms with Crippen LogP contribution in [0.15, 0.2) is 47.5 Å². The minimum Gasteiger partial charge on any atom is -0.399 e. The van der Waals surface area contributed by atoms with Gasteiger partial charge in [-0.1, -0.05) is 17.7 Å². The highest BCUT2D eigenvalue weighted by molar-refractivity contribution is 7.97. The van der Waals surface area contributed by atoms with Gasteiger partial charge in [0.1, 0.15) is 0 Å². The van der Waals surface area contributed by atoms with Gasteiger partial charge in [-0.2, -0.15) is 0 Å². The lowest BCUT2D eigenvalue weighted by Gasteiger charge is -2.06. The van der Waals surface area contributed by atoms with E-state index in [0.29, 0.717) is 10.7 Å². The SMILES string of the molecule is Nc1ccc(Cl)c(SNCCc2ccccn2)c1. The predicted octanol–water partition coefficient (Wildman–Crippen LogP) is 3.16. The van der Waals surface area contributed by atoms with E-state index in [-0.39, 0.29) is 0 Å². The van der Waals surface area contributed by atoms with E-state index in [2.05, 4.69) is 9.71 Å². The maximum absolute atomic E-state index is 6.06. The monoisotopic (exact) mass is 279 g/mol. The van der Waals surface area contributed by atoms with Crippen molar-refractivity contribution in [2.24, 2.45) is 0 Å². The number of benzene rings is 1. The number of pyridine rings is 1. The van der Waals surface area contributed by atoms with Crippen molar-refractivity contribution in [3.8, 4) is 0 Å². The van der Waals surface area contributed by atoms with E-state index in [9.17, 15) is 0 Å². The normalized spacial score (nSPS) is 10.5. The highest BCUT2D eigenvalue weighted by atomic mass is 35.5. The Morgan fingerprint density at radius 3 is 2.94 bits per heavy atom. The number of nitrogens with zero attached hydrogens (tertiary/aromatic N) is 1. The summed E-state index contributed by atoms with van der Waals surface area (Å²) in [6, 6.07) is 11.4. The Hall–Kier alpha value is -1.23. The summed E-state index contributed by atoms with van der Waals surface area (Å²) in [5.74, 6) is 0. The molecule has 0 atom stereocenters. The van der Waals surface area contributed by atoms with Crippen LogP contribution in [-0.4, -0.2) is 11.5 Å². The van der Waals surface area contributed by atoms with Crippen molar-refractivity contribution in [2.45, 2.75) is 11.3 Å². The fourth-order valence-electron chi connectivity index (χ4n) is 1.45. The first-order valence-corrected chi connectivity index (χ1v) is 6.80. The summed E-state index contributed by atoms with van der Waals surface area (Å²) in [4.78, 5) is 5.20. The molecule has 2 aromatic rings. The Bertz CT molecular complexity index is 505. The highest BCUT2D eigenvalue weighted by Crippen LogP contribution is 2.26. The molecule has 1 aromatic heterocycles. The molecular formula is C13H14ClN3S. The average Bonchev–Trinajstić information content (AvgIpc) is 2.40. The Labute approximate surface area is 116 Å². The van der Waals surface area contributed by atoms with Crippen LogP contribution in [0.1, 0.15) is 5.69 Å². The molecule has 5 heteroatoms. The number of rotatable bonds is 5. The molecule has 0 amide bonds. The van der Waals surface area contributed by atoms with E-state index < -0.39 is 0 Å². The van der Waals surface area contributed by atoms with E-state index >= 15 is 0 Å². The van der Waals surface area contributed by atoms with Gasteiger partial charge in [0, 0.05) is 35.4 Å². The van der Waals surface area contributed by atoms with Gasteiger partial charge in [0.15, 0.2) is 0 Å². The molecule has 0 spiro atoms. The third kappa shape index (κ3) is 3.91. The van der Waals surface area contributed by atoms with Gasteiger partial charge in [0.05, 0.1) is 5.02 Å². The number of aromatic nitrogens is 1. The van der Waals surface area contributed by atoms with Gasteiger partial charge in [-0.25, -0.2) is 0 Å². The summed E-state index contributed by atoms with van der Waals surface area (Å²) in [5, 5.41) is 0.708. The van der Waals surface area contributed by atoms with Crippen LogP contribution in [0, 0.1) is 0 Å². The van der Waals surface area contributed by atoms with Crippen molar-refractivity contribution in [2.75, 3.05) is 12.3 Å². The van der Waals surface area contributed by atoms with Crippen LogP contribution >= 0.6 is 23.5 Å². The molecule has 1 heterocycles. The Kier molecular flexibility index (Phi) is 4.87. The van der Waals surface area contributed by atoms with Crippen LogP contribution in [0.25, 0.3) is 0 Å². The standard InChI is InChI=1S/C13H14ClN3S/c14-12-5-4-10(15)9-13(12)18-17-8-6-11-3-1-2-7-16-11/h1-5,7,9,17H,6,8,15H2. The lowest BCUT2D eigenvalue weighted by atomic mass is 10.3. The van der Waals surface area contributed by atoms with Crippen molar-refractivity contribution < 1.29 is 0 Å². The van der Waals surface area contributed by atoms with Gasteiger partial charge in [0.25, 0.3) is 0 Å². The molecule has 0 unspecified atom stereocenters. The van der Waals surface area contributed by atoms with Crippen molar-refractivity contribution in [1.82, 2.24) is 9.71 Å². The molecule has 0 fully saturated rings. The average molecular weight is 280 g/mol. The van der Waals surface area contributed by atoms with E-state index in [1.807, 2.05) is 24.3 Å². The second-order valence-corrected chi connectivity index (χ2v) is 5.10. The number of hydrogen-bond acceptors (Lipinski definition) is 4. The maximum atomic E-state index is 6.06. The number of anilines is 1. The zero-order chi connectivity index (χ0) is 12.8. The quantitative estimate of drug-likeness (QED) is 0.501. The van der Waals surface area contributed by atoms with E-state index in [0.717, 1.165) is 23.6 Å². The molecular weight excluding hydrogens is 266 g/mol. The largest absolute Gasteiger partial charge is 0.399 e. The molecule has 2 rings (SSSR count). The smallest absolute Gasteiger partial charge is 0.0556 e. The zero-order valence-corrected chi connectivity index (χ0v) is 11.3. The van der Waals surface area contributed by atoms with Crippen LogP contribution in [0.5, 0.6) is 0 Å². The summed E-state index contributed by atoms with van der Waals surface area (Å²) < 4.78 is 3.25. The molecule has 0 saturated heterocycles. The van der Waals surface area contributed by atoms with Gasteiger partial charge in [-0.05, 0) is 42.3 Å². The summed E-state index contributed by atoms with van der Waals surface area (Å²) in [7, 11) is 0. The van der Waals surface area contributed by atoms with Gasteiger partial charge in [-0.3, -0.25) is 9.71 Å². The molecule has 94 valence electrons. The van der Waals surface area contributed by atoms with Gasteiger partial charge in [-0.15, -0.1) is 0 Å². The molecule has 1 aromatic carbocycles. The van der Waals surface area contributed by atoms with E-state index in [1.165, 1.54) is 11.9 Å². The zero-order valence-electron chi connectivity index (χ0n) is 9.77. The first-order chi connectivity index (χ1) is 8.75. The van der Waals surface area contributed by atoms with Crippen molar-refractivity contribution >= 4 is 29.2 Å². The number of nitrogens with two attached hydrogens (primary N) is 1. The third-order valence-electron chi connectivity index (χ3n) is 2.35. The van der Waals surface area contributed by atoms with Crippen molar-refractivity contribution in [3.05, 3.63) is 53.3 Å². The number of nitrogens with one attached hydrogen (secondary N) is 1. The second-order valence-electron chi connectivity index (χ2n) is 3.76. The van der Waals surface area contributed by atoms with Crippen LogP contribution in [0.3, 0.4) is 0 Å². The topological polar surface area (TPSA) is 50.9 Å². The Morgan fingerprint density at radius 2 is 2.17 bits per heavy atom. The molecule has 0 aliphatic carbocycles. The highest BCUT2D eigenvalue weighted by Gasteiger charge is 2.01. The first-order valence-electron chi connectivity index (χ1n) is 5.60. The second kappa shape index (κ2) is 6.64. The first kappa shape index (κ1) is 13.2. The van der Waals surface area contributed by atoms with Crippen molar-refractivity contribution in [3.63, 3.8) is 0 Å². The number of nitrogen functional groups attached to an aromatic ring is 1. The third-order valence-corrected chi connectivity index (χ3v) is 3.69. The van der Waals surface area contributed by atoms with Crippen molar-refractivity contribution in [1.29, 1.82) is 0 Å². The molecule has 0 aliphatic rings. The molecule has 0 aliphatic heterocycles. The van der Waals surface area contributed by atoms with E-state index in [4.69, 9.17) is 17.3 Å². The summed E-state index contributed by atoms with van der Waals surface area (Å²) in [6.07, 6.45) is 2.69. The minimum atomic E-state index is 0.708. The Balaban J connectivity index is 1.80. The lowest BCUT2D eigenvalue weighted by molar-refractivity contribution is 0.875. The summed E-state index contributed by atoms with van der Waals surface area (Å²) in [5.41, 5.74) is 7.50. The van der Waals surface area contributed by atoms with Crippen LogP contribution in [0.2, 0.25) is 5.02 Å². The van der Waals surface area contributed by atoms with Crippen LogP contribution in [0.4, 0.5) is 5.69 Å². The van der Waals surface area contributed by atoms with Crippen LogP contribution < -0.4 is 10.5 Å². The molecule has 3 N–H and O–H groups in total. The molecule has 3 nitrogen and oxygen atoms in total. The molecule has 0 radical (unpaired) electrons. The fraction of sp³-hybridized carbons (Fsp3) is 0.154. The summed E-state index contributed by atoms with van der Waals surface area (Å²) >= 11 is 7.55. The van der Waals surface area contributed by atoms with Gasteiger partial charge >= 0.3 is 0 Å². The molecule has 18 heavy (non-hydrogen) atoms. The predicted molar refractivity (Wildman–Crippen MR) is 77.7 cm³/mol. The minimum absolute atomic E-state index is 0.708. The van der Waals surface area contributed by atoms with Gasteiger partial charge < -0.3 is 5.73 Å². The summed E-state index contributed by atoms with van der Waals surface area (Å²) in [6.45, 7) is 0.826. The Morgan fingerprint density at radius 1 is 1.28 bits per heavy atom. The fourth-order valence-corrected chi connectivity index (χ4v) is 2.41. The maximum Gasteiger partial charge on any atom is 0.0556 e.